The maximum absolute atomic E-state index is 13.9. The van der Waals surface area contributed by atoms with E-state index in [9.17, 15) is 13.0 Å². The molecule has 0 amide bonds. The van der Waals surface area contributed by atoms with E-state index < -0.39 is 22.8 Å². The number of ether oxygens (including phenoxy) is 1. The molecule has 1 aliphatic heterocycles. The van der Waals surface area contributed by atoms with Crippen molar-refractivity contribution in [2.45, 2.75) is 24.8 Å². The molecule has 176 valence electrons. The van der Waals surface area contributed by atoms with Crippen LogP contribution in [0.3, 0.4) is 0 Å². The standard InChI is InChI=1S/C20H27F2N5O2S3/c1-4-31(5-2)26-9-11-27(12-10-26)32(28)25-17-13-18(29-3)24-20(23-17)30-14-15-7-6-8-16(21)19(15)22/h4,6-8,13H,5,9-12,14H2,1-3H3,(H,23,24,25,28)/p+1. The van der Waals surface area contributed by atoms with E-state index in [0.29, 0.717) is 29.9 Å². The summed E-state index contributed by atoms with van der Waals surface area (Å²) >= 11 is -0.735. The van der Waals surface area contributed by atoms with Crippen LogP contribution in [0.25, 0.3) is 0 Å². The predicted molar refractivity (Wildman–Crippen MR) is 131 cm³/mol. The Bertz CT molecular complexity index is 988. The lowest BCUT2D eigenvalue weighted by Crippen LogP contribution is -2.46. The molecule has 2 aromatic rings. The van der Waals surface area contributed by atoms with Gasteiger partial charge in [-0.25, -0.2) is 13.8 Å². The number of piperazine rings is 1. The summed E-state index contributed by atoms with van der Waals surface area (Å²) in [6, 6.07) is 5.62. The Kier molecular flexibility index (Phi) is 9.41. The molecule has 2 atom stereocenters. The average Bonchev–Trinajstić information content (AvgIpc) is 2.81. The van der Waals surface area contributed by atoms with Gasteiger partial charge in [-0.3, -0.25) is 4.31 Å². The van der Waals surface area contributed by atoms with Gasteiger partial charge >= 0.3 is 0 Å². The molecule has 2 heterocycles. The third-order valence-electron chi connectivity index (χ3n) is 4.86. The van der Waals surface area contributed by atoms with Crippen LogP contribution in [-0.2, 0) is 21.1 Å². The normalized spacial score (nSPS) is 17.3. The molecule has 1 aromatic heterocycles. The highest BCUT2D eigenvalue weighted by Crippen LogP contribution is 2.26. The molecule has 7 nitrogen and oxygen atoms in total. The van der Waals surface area contributed by atoms with E-state index in [4.69, 9.17) is 4.74 Å². The molecule has 1 saturated heterocycles. The Labute approximate surface area is 196 Å². The van der Waals surface area contributed by atoms with Crippen molar-refractivity contribution < 1.29 is 17.7 Å². The summed E-state index contributed by atoms with van der Waals surface area (Å²) in [6.07, 6.45) is 0. The number of nitrogens with zero attached hydrogens (tertiary/aromatic N) is 4. The van der Waals surface area contributed by atoms with Gasteiger partial charge in [0.2, 0.25) is 17.1 Å². The number of halogens is 2. The first-order valence-corrected chi connectivity index (χ1v) is 13.8. The highest BCUT2D eigenvalue weighted by Gasteiger charge is 2.27. The summed E-state index contributed by atoms with van der Waals surface area (Å²) < 4.78 is 52.7. The number of thioether (sulfide) groups is 1. The molecule has 1 aromatic carbocycles. The van der Waals surface area contributed by atoms with Crippen molar-refractivity contribution >= 4 is 44.8 Å². The second-order valence-electron chi connectivity index (χ2n) is 6.77. The Morgan fingerprint density at radius 1 is 1.28 bits per heavy atom. The highest BCUT2D eigenvalue weighted by molar-refractivity contribution is 8.12. The van der Waals surface area contributed by atoms with E-state index in [1.54, 1.807) is 6.07 Å². The van der Waals surface area contributed by atoms with E-state index in [0.717, 1.165) is 36.7 Å². The second-order valence-corrected chi connectivity index (χ2v) is 11.4. The second kappa shape index (κ2) is 12.0. The maximum atomic E-state index is 13.9. The van der Waals surface area contributed by atoms with E-state index in [2.05, 4.69) is 38.2 Å². The fraction of sp³-hybridized carbons (Fsp3) is 0.450. The summed E-state index contributed by atoms with van der Waals surface area (Å²) in [7, 11) is 1.63. The number of anilines is 1. The van der Waals surface area contributed by atoms with Crippen molar-refractivity contribution in [3.05, 3.63) is 41.5 Å². The van der Waals surface area contributed by atoms with Gasteiger partial charge in [-0.2, -0.15) is 9.71 Å². The van der Waals surface area contributed by atoms with Crippen LogP contribution in [-0.4, -0.2) is 63.0 Å². The molecule has 3 rings (SSSR count). The maximum Gasteiger partial charge on any atom is 0.241 e. The molecular formula is C20H28F2N5O2S3+. The van der Waals surface area contributed by atoms with Crippen molar-refractivity contribution in [3.8, 4) is 5.88 Å². The molecule has 0 radical (unpaired) electrons. The molecule has 12 heteroatoms. The lowest BCUT2D eigenvalue weighted by molar-refractivity contribution is 0.298. The molecule has 32 heavy (non-hydrogen) atoms. The predicted octanol–water partition coefficient (Wildman–Crippen LogP) is 3.64. The number of hydrogen-bond donors (Lipinski definition) is 1. The highest BCUT2D eigenvalue weighted by atomic mass is 32.2. The van der Waals surface area contributed by atoms with Crippen LogP contribution in [0.1, 0.15) is 19.4 Å². The fourth-order valence-corrected chi connectivity index (χ4v) is 6.64. The number of thiol groups is 1. The summed E-state index contributed by atoms with van der Waals surface area (Å²) in [5.41, 5.74) is 0.218. The smallest absolute Gasteiger partial charge is 0.241 e. The molecule has 1 aliphatic rings. The summed E-state index contributed by atoms with van der Waals surface area (Å²) in [4.78, 5) is 8.62. The number of hydrogen-bond acceptors (Lipinski definition) is 6. The minimum Gasteiger partial charge on any atom is -0.481 e. The zero-order chi connectivity index (χ0) is 23.1. The van der Waals surface area contributed by atoms with Gasteiger partial charge in [0, 0.05) is 30.5 Å². The zero-order valence-corrected chi connectivity index (χ0v) is 20.8. The molecule has 0 saturated carbocycles. The third-order valence-corrected chi connectivity index (χ3v) is 9.26. The Hall–Kier alpha value is -1.60. The van der Waals surface area contributed by atoms with Gasteiger partial charge in [0.1, 0.15) is 0 Å². The quantitative estimate of drug-likeness (QED) is 0.185. The summed E-state index contributed by atoms with van der Waals surface area (Å²) in [6.45, 7) is 7.37. The Morgan fingerprint density at radius 3 is 2.69 bits per heavy atom. The lowest BCUT2D eigenvalue weighted by Gasteiger charge is -2.32. The van der Waals surface area contributed by atoms with Gasteiger partial charge in [0.15, 0.2) is 22.6 Å². The van der Waals surface area contributed by atoms with E-state index in [1.165, 1.54) is 19.2 Å². The summed E-state index contributed by atoms with van der Waals surface area (Å²) in [5, 5.41) is 2.55. The molecule has 0 bridgehead atoms. The first kappa shape index (κ1) is 25.0. The van der Waals surface area contributed by atoms with Crippen LogP contribution in [0.4, 0.5) is 14.6 Å². The van der Waals surface area contributed by atoms with Gasteiger partial charge in [0.05, 0.1) is 20.2 Å². The number of rotatable bonds is 9. The van der Waals surface area contributed by atoms with Crippen molar-refractivity contribution in [1.82, 2.24) is 18.6 Å². The topological polar surface area (TPSA) is 70.6 Å². The van der Waals surface area contributed by atoms with Gasteiger partial charge in [-0.1, -0.05) is 40.4 Å². The fourth-order valence-electron chi connectivity index (χ4n) is 3.19. The molecular weight excluding hydrogens is 476 g/mol. The van der Waals surface area contributed by atoms with Crippen molar-refractivity contribution in [2.75, 3.05) is 43.8 Å². The van der Waals surface area contributed by atoms with Crippen molar-refractivity contribution in [1.29, 1.82) is 0 Å². The van der Waals surface area contributed by atoms with Crippen molar-refractivity contribution in [3.63, 3.8) is 0 Å². The minimum atomic E-state index is -1.88. The van der Waals surface area contributed by atoms with Crippen LogP contribution in [0.5, 0.6) is 5.88 Å². The molecule has 1 fully saturated rings. The van der Waals surface area contributed by atoms with E-state index >= 15 is 0 Å². The van der Waals surface area contributed by atoms with Crippen LogP contribution >= 0.6 is 22.4 Å². The third kappa shape index (κ3) is 6.47. The minimum absolute atomic E-state index is 0.151. The monoisotopic (exact) mass is 504 g/mol. The van der Waals surface area contributed by atoms with E-state index in [1.807, 2.05) is 4.31 Å². The first-order valence-electron chi connectivity index (χ1n) is 10.2. The number of aromatic nitrogens is 2. The van der Waals surface area contributed by atoms with Gasteiger partial charge in [-0.15, -0.1) is 15.0 Å². The molecule has 2 unspecified atom stereocenters. The SMILES string of the molecule is CC=S(CC)N1CCN([SH+](=O)Nc2cc(OC)nc(SCc3cccc(F)c3F)n2)CC1. The van der Waals surface area contributed by atoms with Gasteiger partial charge in [-0.05, 0) is 18.7 Å². The Morgan fingerprint density at radius 2 is 2.03 bits per heavy atom. The van der Waals surface area contributed by atoms with Crippen LogP contribution in [0.15, 0.2) is 29.4 Å². The number of nitrogens with one attached hydrogen (secondary N) is 1. The lowest BCUT2D eigenvalue weighted by atomic mass is 10.2. The van der Waals surface area contributed by atoms with Gasteiger partial charge < -0.3 is 4.74 Å². The Balaban J connectivity index is 1.64. The molecule has 1 N–H and O–H groups in total. The van der Waals surface area contributed by atoms with Gasteiger partial charge in [0.25, 0.3) is 0 Å². The van der Waals surface area contributed by atoms with E-state index in [-0.39, 0.29) is 22.0 Å². The number of methoxy groups -OCH3 is 1. The number of benzene rings is 1. The molecule has 0 aliphatic carbocycles. The average molecular weight is 505 g/mol. The van der Waals surface area contributed by atoms with Crippen LogP contribution < -0.4 is 9.46 Å². The molecule has 0 spiro atoms. The van der Waals surface area contributed by atoms with Crippen molar-refractivity contribution in [2.24, 2.45) is 0 Å². The summed E-state index contributed by atoms with van der Waals surface area (Å²) in [5.74, 6) is 0.118. The van der Waals surface area contributed by atoms with Crippen LogP contribution in [0, 0.1) is 11.6 Å². The first-order chi connectivity index (χ1) is 15.4. The van der Waals surface area contributed by atoms with Crippen LogP contribution in [0.2, 0.25) is 0 Å². The zero-order valence-electron chi connectivity index (χ0n) is 18.3. The largest absolute Gasteiger partial charge is 0.481 e.